The monoisotopic (exact) mass is 243 g/mol. The highest BCUT2D eigenvalue weighted by Crippen LogP contribution is 2.18. The normalized spacial score (nSPS) is 12.8. The van der Waals surface area contributed by atoms with Crippen LogP contribution in [0.1, 0.15) is 30.7 Å². The molecule has 96 valence electrons. The fourth-order valence-corrected chi connectivity index (χ4v) is 2.08. The Bertz CT molecular complexity index is 436. The molecular weight excluding hydrogens is 222 g/mol. The largest absolute Gasteiger partial charge is 0.348 e. The van der Waals surface area contributed by atoms with Crippen molar-refractivity contribution in [3.05, 3.63) is 54.1 Å². The summed E-state index contributed by atoms with van der Waals surface area (Å²) in [6.45, 7) is 4.25. The Hall–Kier alpha value is -1.61. The van der Waals surface area contributed by atoms with Crippen molar-refractivity contribution in [3.63, 3.8) is 0 Å². The van der Waals surface area contributed by atoms with Gasteiger partial charge in [-0.1, -0.05) is 37.3 Å². The zero-order valence-electron chi connectivity index (χ0n) is 11.1. The van der Waals surface area contributed by atoms with Crippen LogP contribution in [-0.2, 0) is 6.54 Å². The fraction of sp³-hybridized carbons (Fsp3) is 0.400. The first-order valence-corrected chi connectivity index (χ1v) is 6.47. The van der Waals surface area contributed by atoms with Gasteiger partial charge in [-0.2, -0.15) is 0 Å². The standard InChI is InChI=1S/C15H21N3/c1-13(14-6-4-3-5-7-14)8-11-18(2)12-15-16-9-10-17-15/h3-7,9-10,13H,8,11-12H2,1-2H3,(H,16,17). The number of nitrogens with one attached hydrogen (secondary N) is 1. The molecule has 0 radical (unpaired) electrons. The van der Waals surface area contributed by atoms with Gasteiger partial charge in [-0.25, -0.2) is 4.98 Å². The Morgan fingerprint density at radius 3 is 2.72 bits per heavy atom. The lowest BCUT2D eigenvalue weighted by Gasteiger charge is -2.18. The van der Waals surface area contributed by atoms with E-state index in [4.69, 9.17) is 0 Å². The quantitative estimate of drug-likeness (QED) is 0.845. The lowest BCUT2D eigenvalue weighted by Crippen LogP contribution is -2.21. The van der Waals surface area contributed by atoms with Gasteiger partial charge in [-0.15, -0.1) is 0 Å². The van der Waals surface area contributed by atoms with Crippen molar-refractivity contribution in [3.8, 4) is 0 Å². The van der Waals surface area contributed by atoms with Gasteiger partial charge in [-0.05, 0) is 31.5 Å². The highest BCUT2D eigenvalue weighted by atomic mass is 15.1. The van der Waals surface area contributed by atoms with Crippen LogP contribution in [0.3, 0.4) is 0 Å². The van der Waals surface area contributed by atoms with E-state index < -0.39 is 0 Å². The highest BCUT2D eigenvalue weighted by Gasteiger charge is 2.07. The minimum Gasteiger partial charge on any atom is -0.348 e. The molecule has 2 aromatic rings. The molecule has 1 atom stereocenters. The maximum Gasteiger partial charge on any atom is 0.120 e. The first kappa shape index (κ1) is 12.8. The molecule has 1 N–H and O–H groups in total. The Balaban J connectivity index is 1.77. The Kier molecular flexibility index (Phi) is 4.53. The van der Waals surface area contributed by atoms with Crippen molar-refractivity contribution in [1.29, 1.82) is 0 Å². The fourth-order valence-electron chi connectivity index (χ4n) is 2.08. The van der Waals surface area contributed by atoms with Gasteiger partial charge in [0.05, 0.1) is 6.54 Å². The number of imidazole rings is 1. The second-order valence-electron chi connectivity index (χ2n) is 4.87. The second-order valence-corrected chi connectivity index (χ2v) is 4.87. The van der Waals surface area contributed by atoms with Gasteiger partial charge >= 0.3 is 0 Å². The van der Waals surface area contributed by atoms with Gasteiger partial charge in [0.1, 0.15) is 5.82 Å². The molecule has 0 saturated heterocycles. The topological polar surface area (TPSA) is 31.9 Å². The molecular formula is C15H21N3. The van der Waals surface area contributed by atoms with Crippen molar-refractivity contribution < 1.29 is 0 Å². The summed E-state index contributed by atoms with van der Waals surface area (Å²) in [6, 6.07) is 10.7. The number of rotatable bonds is 6. The van der Waals surface area contributed by atoms with Gasteiger partial charge in [0.2, 0.25) is 0 Å². The second kappa shape index (κ2) is 6.36. The van der Waals surface area contributed by atoms with Crippen LogP contribution >= 0.6 is 0 Å². The van der Waals surface area contributed by atoms with Crippen LogP contribution < -0.4 is 0 Å². The van der Waals surface area contributed by atoms with E-state index in [0.29, 0.717) is 5.92 Å². The molecule has 0 bridgehead atoms. The third-order valence-corrected chi connectivity index (χ3v) is 3.29. The number of H-pyrrole nitrogens is 1. The summed E-state index contributed by atoms with van der Waals surface area (Å²) in [5.74, 6) is 1.63. The minimum absolute atomic E-state index is 0.602. The van der Waals surface area contributed by atoms with Gasteiger partial charge < -0.3 is 4.98 Å². The first-order chi connectivity index (χ1) is 8.75. The van der Waals surface area contributed by atoms with Crippen molar-refractivity contribution in [2.45, 2.75) is 25.8 Å². The number of hydrogen-bond donors (Lipinski definition) is 1. The van der Waals surface area contributed by atoms with E-state index in [1.807, 2.05) is 6.20 Å². The molecule has 0 aliphatic heterocycles. The van der Waals surface area contributed by atoms with Gasteiger partial charge in [-0.3, -0.25) is 4.90 Å². The van der Waals surface area contributed by atoms with E-state index in [1.54, 1.807) is 6.20 Å². The number of hydrogen-bond acceptors (Lipinski definition) is 2. The van der Waals surface area contributed by atoms with Gasteiger partial charge in [0, 0.05) is 12.4 Å². The van der Waals surface area contributed by atoms with E-state index in [-0.39, 0.29) is 0 Å². The molecule has 3 nitrogen and oxygen atoms in total. The number of nitrogens with zero attached hydrogens (tertiary/aromatic N) is 2. The predicted molar refractivity (Wildman–Crippen MR) is 74.4 cm³/mol. The molecule has 0 aliphatic rings. The summed E-state index contributed by atoms with van der Waals surface area (Å²) in [6.07, 6.45) is 4.84. The third-order valence-electron chi connectivity index (χ3n) is 3.29. The van der Waals surface area contributed by atoms with Crippen LogP contribution in [0, 0.1) is 0 Å². The molecule has 2 rings (SSSR count). The van der Waals surface area contributed by atoms with E-state index >= 15 is 0 Å². The van der Waals surface area contributed by atoms with Crippen molar-refractivity contribution >= 4 is 0 Å². The zero-order chi connectivity index (χ0) is 12.8. The van der Waals surface area contributed by atoms with Crippen LogP contribution in [0.4, 0.5) is 0 Å². The summed E-state index contributed by atoms with van der Waals surface area (Å²) in [4.78, 5) is 9.68. The number of aromatic amines is 1. The maximum atomic E-state index is 4.24. The van der Waals surface area contributed by atoms with Crippen LogP contribution in [0.25, 0.3) is 0 Å². The maximum absolute atomic E-state index is 4.24. The van der Waals surface area contributed by atoms with Crippen molar-refractivity contribution in [1.82, 2.24) is 14.9 Å². The molecule has 0 aliphatic carbocycles. The van der Waals surface area contributed by atoms with E-state index in [1.165, 1.54) is 12.0 Å². The molecule has 3 heteroatoms. The summed E-state index contributed by atoms with van der Waals surface area (Å²) >= 11 is 0. The molecule has 0 amide bonds. The van der Waals surface area contributed by atoms with Crippen molar-refractivity contribution in [2.75, 3.05) is 13.6 Å². The first-order valence-electron chi connectivity index (χ1n) is 6.47. The summed E-state index contributed by atoms with van der Waals surface area (Å²) in [5.41, 5.74) is 1.42. The number of benzene rings is 1. The zero-order valence-corrected chi connectivity index (χ0v) is 11.1. The Labute approximate surface area is 109 Å². The van der Waals surface area contributed by atoms with E-state index in [2.05, 4.69) is 59.2 Å². The average molecular weight is 243 g/mol. The molecule has 1 aromatic carbocycles. The molecule has 0 saturated carbocycles. The SMILES string of the molecule is CC(CCN(C)Cc1ncc[nH]1)c1ccccc1. The third kappa shape index (κ3) is 3.70. The van der Waals surface area contributed by atoms with Crippen molar-refractivity contribution in [2.24, 2.45) is 0 Å². The lowest BCUT2D eigenvalue weighted by atomic mass is 9.98. The molecule has 18 heavy (non-hydrogen) atoms. The van der Waals surface area contributed by atoms with Crippen LogP contribution in [0.15, 0.2) is 42.7 Å². The molecule has 0 spiro atoms. The number of aromatic nitrogens is 2. The summed E-state index contributed by atoms with van der Waals surface area (Å²) in [5, 5.41) is 0. The predicted octanol–water partition coefficient (Wildman–Crippen LogP) is 3.04. The molecule has 1 aromatic heterocycles. The summed E-state index contributed by atoms with van der Waals surface area (Å²) < 4.78 is 0. The molecule has 0 fully saturated rings. The van der Waals surface area contributed by atoms with Crippen LogP contribution in [0.5, 0.6) is 0 Å². The van der Waals surface area contributed by atoms with Gasteiger partial charge in [0.15, 0.2) is 0 Å². The van der Waals surface area contributed by atoms with E-state index in [0.717, 1.165) is 18.9 Å². The average Bonchev–Trinajstić information content (AvgIpc) is 2.90. The highest BCUT2D eigenvalue weighted by molar-refractivity contribution is 5.18. The summed E-state index contributed by atoms with van der Waals surface area (Å²) in [7, 11) is 2.14. The Morgan fingerprint density at radius 2 is 2.06 bits per heavy atom. The smallest absolute Gasteiger partial charge is 0.120 e. The minimum atomic E-state index is 0.602. The Morgan fingerprint density at radius 1 is 1.28 bits per heavy atom. The van der Waals surface area contributed by atoms with Crippen LogP contribution in [0.2, 0.25) is 0 Å². The van der Waals surface area contributed by atoms with Gasteiger partial charge in [0.25, 0.3) is 0 Å². The van der Waals surface area contributed by atoms with Crippen LogP contribution in [-0.4, -0.2) is 28.5 Å². The molecule has 1 heterocycles. The van der Waals surface area contributed by atoms with E-state index in [9.17, 15) is 0 Å². The lowest BCUT2D eigenvalue weighted by molar-refractivity contribution is 0.307. The molecule has 1 unspecified atom stereocenters.